The lowest BCUT2D eigenvalue weighted by Gasteiger charge is -2.08. The zero-order valence-electron chi connectivity index (χ0n) is 15.1. The van der Waals surface area contributed by atoms with Crippen molar-refractivity contribution in [2.75, 3.05) is 19.0 Å². The predicted molar refractivity (Wildman–Crippen MR) is 105 cm³/mol. The summed E-state index contributed by atoms with van der Waals surface area (Å²) in [5.74, 6) is 1.03. The second-order valence-corrected chi connectivity index (χ2v) is 6.57. The highest BCUT2D eigenvalue weighted by Crippen LogP contribution is 2.23. The van der Waals surface area contributed by atoms with Crippen molar-refractivity contribution in [1.82, 2.24) is 4.98 Å². The zero-order valence-corrected chi connectivity index (χ0v) is 15.9. The smallest absolute Gasteiger partial charge is 0.344 e. The molecule has 1 heterocycles. The first-order chi connectivity index (χ1) is 13.1. The number of anilines is 2. The number of ether oxygens (including phenoxy) is 3. The van der Waals surface area contributed by atoms with E-state index in [-0.39, 0.29) is 13.2 Å². The zero-order chi connectivity index (χ0) is 19.1. The van der Waals surface area contributed by atoms with Gasteiger partial charge in [-0.15, -0.1) is 11.3 Å². The number of carbonyl (C=O) groups excluding carboxylic acids is 1. The van der Waals surface area contributed by atoms with Crippen LogP contribution in [0.25, 0.3) is 0 Å². The fourth-order valence-electron chi connectivity index (χ4n) is 2.28. The van der Waals surface area contributed by atoms with Gasteiger partial charge >= 0.3 is 5.97 Å². The Morgan fingerprint density at radius 3 is 2.67 bits per heavy atom. The molecular weight excluding hydrogens is 364 g/mol. The number of nitrogens with zero attached hydrogens (tertiary/aromatic N) is 1. The van der Waals surface area contributed by atoms with Crippen molar-refractivity contribution in [1.29, 1.82) is 0 Å². The molecular formula is C20H20N2O4S. The number of nitrogens with one attached hydrogen (secondary N) is 1. The highest BCUT2D eigenvalue weighted by molar-refractivity contribution is 7.13. The van der Waals surface area contributed by atoms with E-state index in [4.69, 9.17) is 14.2 Å². The van der Waals surface area contributed by atoms with Crippen LogP contribution in [0.5, 0.6) is 11.5 Å². The van der Waals surface area contributed by atoms with E-state index in [1.165, 1.54) is 11.3 Å². The van der Waals surface area contributed by atoms with Crippen LogP contribution >= 0.6 is 11.3 Å². The van der Waals surface area contributed by atoms with E-state index in [9.17, 15) is 4.79 Å². The van der Waals surface area contributed by atoms with Crippen molar-refractivity contribution in [2.24, 2.45) is 0 Å². The molecule has 1 aromatic heterocycles. The number of methoxy groups -OCH3 is 1. The number of para-hydroxylation sites is 1. The molecule has 0 aliphatic carbocycles. The average molecular weight is 384 g/mol. The van der Waals surface area contributed by atoms with Gasteiger partial charge in [-0.25, -0.2) is 9.78 Å². The van der Waals surface area contributed by atoms with Gasteiger partial charge in [0.25, 0.3) is 0 Å². The molecule has 3 aromatic rings. The Labute approximate surface area is 161 Å². The SMILES string of the molecule is COc1ccc(Nc2nc(COC(=O)COc3ccccc3C)cs2)cc1. The molecule has 140 valence electrons. The summed E-state index contributed by atoms with van der Waals surface area (Å²) in [7, 11) is 1.63. The summed E-state index contributed by atoms with van der Waals surface area (Å²) in [5, 5.41) is 5.78. The molecule has 7 heteroatoms. The molecule has 6 nitrogen and oxygen atoms in total. The number of thiazole rings is 1. The Balaban J connectivity index is 1.46. The largest absolute Gasteiger partial charge is 0.497 e. The predicted octanol–water partition coefficient (Wildman–Crippen LogP) is 4.33. The van der Waals surface area contributed by atoms with Crippen LogP contribution in [-0.2, 0) is 16.1 Å². The van der Waals surface area contributed by atoms with Crippen molar-refractivity contribution < 1.29 is 19.0 Å². The number of esters is 1. The van der Waals surface area contributed by atoms with E-state index in [1.807, 2.05) is 60.8 Å². The van der Waals surface area contributed by atoms with Crippen LogP contribution in [-0.4, -0.2) is 24.7 Å². The van der Waals surface area contributed by atoms with Gasteiger partial charge in [0.2, 0.25) is 0 Å². The van der Waals surface area contributed by atoms with Gasteiger partial charge in [0.1, 0.15) is 18.1 Å². The minimum absolute atomic E-state index is 0.108. The van der Waals surface area contributed by atoms with E-state index in [2.05, 4.69) is 10.3 Å². The number of hydrogen-bond acceptors (Lipinski definition) is 7. The second-order valence-electron chi connectivity index (χ2n) is 5.71. The maximum absolute atomic E-state index is 11.9. The van der Waals surface area contributed by atoms with E-state index < -0.39 is 5.97 Å². The minimum atomic E-state index is -0.434. The van der Waals surface area contributed by atoms with Gasteiger partial charge in [-0.1, -0.05) is 18.2 Å². The molecule has 2 aromatic carbocycles. The molecule has 0 saturated carbocycles. The molecule has 27 heavy (non-hydrogen) atoms. The van der Waals surface area contributed by atoms with Crippen LogP contribution in [0.4, 0.5) is 10.8 Å². The Bertz CT molecular complexity index is 893. The number of rotatable bonds is 8. The van der Waals surface area contributed by atoms with Crippen LogP contribution < -0.4 is 14.8 Å². The molecule has 3 rings (SSSR count). The maximum Gasteiger partial charge on any atom is 0.344 e. The standard InChI is InChI=1S/C20H20N2O4S/c1-14-5-3-4-6-18(14)25-12-19(23)26-11-16-13-27-20(22-16)21-15-7-9-17(24-2)10-8-15/h3-10,13H,11-12H2,1-2H3,(H,21,22). The van der Waals surface area contributed by atoms with Gasteiger partial charge in [-0.05, 0) is 42.8 Å². The Kier molecular flexibility index (Phi) is 6.27. The summed E-state index contributed by atoms with van der Waals surface area (Å²) in [6.07, 6.45) is 0. The molecule has 0 atom stereocenters. The van der Waals surface area contributed by atoms with Gasteiger partial charge in [0.15, 0.2) is 11.7 Å². The second kappa shape index (κ2) is 9.05. The summed E-state index contributed by atoms with van der Waals surface area (Å²) < 4.78 is 15.8. The van der Waals surface area contributed by atoms with Crippen molar-refractivity contribution in [2.45, 2.75) is 13.5 Å². The average Bonchev–Trinajstić information content (AvgIpc) is 3.13. The Morgan fingerprint density at radius 2 is 1.93 bits per heavy atom. The minimum Gasteiger partial charge on any atom is -0.497 e. The van der Waals surface area contributed by atoms with Gasteiger partial charge in [-0.2, -0.15) is 0 Å². The first-order valence-electron chi connectivity index (χ1n) is 8.33. The number of aryl methyl sites for hydroxylation is 1. The fraction of sp³-hybridized carbons (Fsp3) is 0.200. The summed E-state index contributed by atoms with van der Waals surface area (Å²) in [5.41, 5.74) is 2.56. The normalized spacial score (nSPS) is 10.3. The monoisotopic (exact) mass is 384 g/mol. The molecule has 0 aliphatic heterocycles. The lowest BCUT2D eigenvalue weighted by atomic mass is 10.2. The number of benzene rings is 2. The van der Waals surface area contributed by atoms with Crippen LogP contribution in [0.2, 0.25) is 0 Å². The van der Waals surface area contributed by atoms with Crippen molar-refractivity contribution in [3.05, 3.63) is 65.2 Å². The molecule has 0 bridgehead atoms. The first-order valence-corrected chi connectivity index (χ1v) is 9.21. The highest BCUT2D eigenvalue weighted by atomic mass is 32.1. The third-order valence-corrected chi connectivity index (χ3v) is 4.52. The summed E-state index contributed by atoms with van der Waals surface area (Å²) in [6, 6.07) is 15.1. The van der Waals surface area contributed by atoms with Gasteiger partial charge in [0, 0.05) is 11.1 Å². The van der Waals surface area contributed by atoms with Gasteiger partial charge < -0.3 is 19.5 Å². The molecule has 0 spiro atoms. The third-order valence-electron chi connectivity index (χ3n) is 3.71. The quantitative estimate of drug-likeness (QED) is 0.583. The number of carbonyl (C=O) groups is 1. The maximum atomic E-state index is 11.9. The van der Waals surface area contributed by atoms with Gasteiger partial charge in [-0.3, -0.25) is 0 Å². The highest BCUT2D eigenvalue weighted by Gasteiger charge is 2.09. The molecule has 0 amide bonds. The van der Waals surface area contributed by atoms with E-state index in [0.29, 0.717) is 11.4 Å². The molecule has 0 saturated heterocycles. The lowest BCUT2D eigenvalue weighted by Crippen LogP contribution is -2.15. The topological polar surface area (TPSA) is 69.7 Å². The Morgan fingerprint density at radius 1 is 1.15 bits per heavy atom. The van der Waals surface area contributed by atoms with Crippen LogP contribution in [0.1, 0.15) is 11.3 Å². The summed E-state index contributed by atoms with van der Waals surface area (Å²) in [4.78, 5) is 16.3. The molecule has 0 fully saturated rings. The first kappa shape index (κ1) is 18.7. The van der Waals surface area contributed by atoms with Crippen molar-refractivity contribution >= 4 is 28.1 Å². The van der Waals surface area contributed by atoms with Crippen molar-refractivity contribution in [3.63, 3.8) is 0 Å². The molecule has 0 radical (unpaired) electrons. The summed E-state index contributed by atoms with van der Waals surface area (Å²) in [6.45, 7) is 1.90. The number of aromatic nitrogens is 1. The lowest BCUT2D eigenvalue weighted by molar-refractivity contribution is -0.147. The van der Waals surface area contributed by atoms with E-state index in [0.717, 1.165) is 22.1 Å². The molecule has 0 aliphatic rings. The summed E-state index contributed by atoms with van der Waals surface area (Å²) >= 11 is 1.44. The van der Waals surface area contributed by atoms with E-state index in [1.54, 1.807) is 7.11 Å². The van der Waals surface area contributed by atoms with Crippen LogP contribution in [0, 0.1) is 6.92 Å². The van der Waals surface area contributed by atoms with E-state index >= 15 is 0 Å². The molecule has 1 N–H and O–H groups in total. The fourth-order valence-corrected chi connectivity index (χ4v) is 2.99. The number of hydrogen-bond donors (Lipinski definition) is 1. The molecule has 0 unspecified atom stereocenters. The van der Waals surface area contributed by atoms with Gasteiger partial charge in [0.05, 0.1) is 12.8 Å². The Hall–Kier alpha value is -3.06. The van der Waals surface area contributed by atoms with Crippen molar-refractivity contribution in [3.8, 4) is 11.5 Å². The van der Waals surface area contributed by atoms with Crippen LogP contribution in [0.15, 0.2) is 53.9 Å². The van der Waals surface area contributed by atoms with Crippen LogP contribution in [0.3, 0.4) is 0 Å². The third kappa shape index (κ3) is 5.46.